The molecule has 0 aromatic heterocycles. The number of nitrogens with zero attached hydrogens (tertiary/aromatic N) is 1. The van der Waals surface area contributed by atoms with Gasteiger partial charge in [-0.3, -0.25) is 13.8 Å². The van der Waals surface area contributed by atoms with Crippen LogP contribution in [0.1, 0.15) is 200 Å². The molecule has 0 spiro atoms. The zero-order chi connectivity index (χ0) is 39.9. The van der Waals surface area contributed by atoms with E-state index in [0.29, 0.717) is 24.1 Å². The lowest BCUT2D eigenvalue weighted by Crippen LogP contribution is -2.37. The minimum atomic E-state index is -4.27. The van der Waals surface area contributed by atoms with Crippen LogP contribution in [0.2, 0.25) is 0 Å². The van der Waals surface area contributed by atoms with Crippen molar-refractivity contribution in [3.63, 3.8) is 0 Å². The summed E-state index contributed by atoms with van der Waals surface area (Å²) in [4.78, 5) is 22.9. The van der Waals surface area contributed by atoms with E-state index >= 15 is 0 Å². The van der Waals surface area contributed by atoms with Crippen LogP contribution in [0.25, 0.3) is 0 Å². The first-order valence-electron chi connectivity index (χ1n) is 22.6. The smallest absolute Gasteiger partial charge is 0.457 e. The average Bonchev–Trinajstić information content (AvgIpc) is 3.12. The minimum Gasteiger partial charge on any atom is -0.457 e. The molecule has 54 heavy (non-hydrogen) atoms. The summed E-state index contributed by atoms with van der Waals surface area (Å²) in [5.41, 5.74) is 0. The van der Waals surface area contributed by atoms with Gasteiger partial charge in [-0.1, -0.05) is 173 Å². The molecule has 0 radical (unpaired) electrons. The van der Waals surface area contributed by atoms with E-state index in [-0.39, 0.29) is 25.8 Å². The van der Waals surface area contributed by atoms with Gasteiger partial charge in [-0.25, -0.2) is 4.57 Å². The lowest BCUT2D eigenvalue weighted by Gasteiger charge is -2.24. The Morgan fingerprint density at radius 1 is 0.574 bits per heavy atom. The number of phosphoric acid groups is 1. The van der Waals surface area contributed by atoms with Gasteiger partial charge in [0.1, 0.15) is 19.3 Å². The zero-order valence-electron chi connectivity index (χ0n) is 36.2. The number of rotatable bonds is 42. The Balaban J connectivity index is 4.22. The molecule has 0 aliphatic heterocycles. The number of unbranched alkanes of at least 4 members (excludes halogenated alkanes) is 24. The van der Waals surface area contributed by atoms with E-state index < -0.39 is 13.9 Å². The van der Waals surface area contributed by atoms with Crippen molar-refractivity contribution in [2.24, 2.45) is 0 Å². The lowest BCUT2D eigenvalue weighted by atomic mass is 10.0. The lowest BCUT2D eigenvalue weighted by molar-refractivity contribution is -0.870. The predicted octanol–water partition coefficient (Wildman–Crippen LogP) is 13.2. The molecule has 320 valence electrons. The normalized spacial score (nSPS) is 14.0. The monoisotopic (exact) mass is 787 g/mol. The number of ether oxygens (including phenoxy) is 2. The maximum Gasteiger partial charge on any atom is 0.472 e. The molecule has 0 amide bonds. The minimum absolute atomic E-state index is 0.0883. The summed E-state index contributed by atoms with van der Waals surface area (Å²) in [5, 5.41) is 0. The van der Waals surface area contributed by atoms with Crippen molar-refractivity contribution in [3.8, 4) is 0 Å². The van der Waals surface area contributed by atoms with Gasteiger partial charge >= 0.3 is 13.8 Å². The second-order valence-electron chi connectivity index (χ2n) is 16.4. The van der Waals surface area contributed by atoms with Crippen LogP contribution >= 0.6 is 7.82 Å². The maximum absolute atomic E-state index is 12.7. The van der Waals surface area contributed by atoms with Gasteiger partial charge in [-0.05, 0) is 44.9 Å². The third kappa shape index (κ3) is 42.1. The number of carbonyl (C=O) groups is 1. The van der Waals surface area contributed by atoms with Gasteiger partial charge in [-0.15, -0.1) is 0 Å². The third-order valence-electron chi connectivity index (χ3n) is 9.77. The molecule has 2 atom stereocenters. The fourth-order valence-electron chi connectivity index (χ4n) is 6.23. The van der Waals surface area contributed by atoms with E-state index in [0.717, 1.165) is 44.9 Å². The maximum atomic E-state index is 12.7. The SMILES string of the molecule is CCCCCC/C=C\C/C=C\CCCCCCCCOCC(COP(=O)(O)OCC[N+](C)(C)C)OC(=O)CCCCCCCCCCCCCCCCC. The molecule has 0 fully saturated rings. The first-order valence-corrected chi connectivity index (χ1v) is 24.1. The highest BCUT2D eigenvalue weighted by molar-refractivity contribution is 7.47. The first kappa shape index (κ1) is 53.0. The summed E-state index contributed by atoms with van der Waals surface area (Å²) < 4.78 is 35.0. The molecular weight excluding hydrogens is 697 g/mol. The van der Waals surface area contributed by atoms with Crippen LogP contribution in [0.4, 0.5) is 0 Å². The number of allylic oxidation sites excluding steroid dienone is 4. The molecule has 0 heterocycles. The van der Waals surface area contributed by atoms with Crippen molar-refractivity contribution < 1.29 is 37.3 Å². The summed E-state index contributed by atoms with van der Waals surface area (Å²) >= 11 is 0. The Morgan fingerprint density at radius 3 is 1.52 bits per heavy atom. The van der Waals surface area contributed by atoms with Gasteiger partial charge in [0.2, 0.25) is 0 Å². The summed E-state index contributed by atoms with van der Waals surface area (Å²) in [6, 6.07) is 0. The number of phosphoric ester groups is 1. The second-order valence-corrected chi connectivity index (χ2v) is 17.9. The Kier molecular flexibility index (Phi) is 38.1. The van der Waals surface area contributed by atoms with E-state index in [9.17, 15) is 14.3 Å². The first-order chi connectivity index (χ1) is 26.1. The Hall–Kier alpha value is -1.02. The van der Waals surface area contributed by atoms with Gasteiger partial charge in [0.25, 0.3) is 0 Å². The molecule has 9 heteroatoms. The highest BCUT2D eigenvalue weighted by atomic mass is 31.2. The van der Waals surface area contributed by atoms with Crippen LogP contribution in [0.15, 0.2) is 24.3 Å². The number of likely N-dealkylation sites (N-methyl/N-ethyl adjacent to an activating group) is 1. The molecular formula is C45H89NO7P+. The van der Waals surface area contributed by atoms with Gasteiger partial charge in [0, 0.05) is 13.0 Å². The van der Waals surface area contributed by atoms with Crippen LogP contribution in [-0.4, -0.2) is 75.6 Å². The molecule has 0 saturated heterocycles. The van der Waals surface area contributed by atoms with E-state index in [1.165, 1.54) is 135 Å². The molecule has 0 saturated carbocycles. The van der Waals surface area contributed by atoms with Gasteiger partial charge in [-0.2, -0.15) is 0 Å². The van der Waals surface area contributed by atoms with Crippen molar-refractivity contribution in [1.82, 2.24) is 0 Å². The number of carbonyl (C=O) groups excluding carboxylic acids is 1. The van der Waals surface area contributed by atoms with Crippen molar-refractivity contribution in [1.29, 1.82) is 0 Å². The van der Waals surface area contributed by atoms with Crippen LogP contribution in [0.5, 0.6) is 0 Å². The van der Waals surface area contributed by atoms with Crippen LogP contribution in [-0.2, 0) is 27.9 Å². The highest BCUT2D eigenvalue weighted by Gasteiger charge is 2.26. The topological polar surface area (TPSA) is 91.3 Å². The summed E-state index contributed by atoms with van der Waals surface area (Å²) in [6.07, 6.45) is 43.4. The number of hydrogen-bond acceptors (Lipinski definition) is 6. The molecule has 1 N–H and O–H groups in total. The quantitative estimate of drug-likeness (QED) is 0.0217. The van der Waals surface area contributed by atoms with Crippen molar-refractivity contribution >= 4 is 13.8 Å². The predicted molar refractivity (Wildman–Crippen MR) is 229 cm³/mol. The van der Waals surface area contributed by atoms with Gasteiger partial charge in [0.15, 0.2) is 0 Å². The van der Waals surface area contributed by atoms with E-state index in [1.807, 2.05) is 21.1 Å². The van der Waals surface area contributed by atoms with Crippen molar-refractivity contribution in [2.75, 3.05) is 54.1 Å². The van der Waals surface area contributed by atoms with E-state index in [1.54, 1.807) is 0 Å². The zero-order valence-corrected chi connectivity index (χ0v) is 37.1. The summed E-state index contributed by atoms with van der Waals surface area (Å²) in [7, 11) is 1.67. The van der Waals surface area contributed by atoms with Gasteiger partial charge < -0.3 is 18.9 Å². The Labute approximate surface area is 334 Å². The molecule has 0 aromatic carbocycles. The standard InChI is InChI=1S/C45H88NO7P/c1-6-8-10-12-14-16-18-20-22-23-25-27-29-31-33-35-37-40-50-42-44(43-52-54(48,49)51-41-39-46(3,4)5)53-45(47)38-36-34-32-30-28-26-24-21-19-17-15-13-11-9-7-2/h16,18,22-23,44H,6-15,17,19-21,24-43H2,1-5H3/p+1/b18-16-,23-22-. The van der Waals surface area contributed by atoms with Crippen LogP contribution in [0.3, 0.4) is 0 Å². The number of esters is 1. The summed E-state index contributed by atoms with van der Waals surface area (Å²) in [5.74, 6) is -0.315. The second kappa shape index (κ2) is 38.8. The molecule has 0 aliphatic rings. The Morgan fingerprint density at radius 2 is 1.02 bits per heavy atom. The van der Waals surface area contributed by atoms with E-state index in [4.69, 9.17) is 18.5 Å². The van der Waals surface area contributed by atoms with E-state index in [2.05, 4.69) is 38.2 Å². The summed E-state index contributed by atoms with van der Waals surface area (Å²) in [6.45, 7) is 5.61. The number of hydrogen-bond donors (Lipinski definition) is 1. The molecule has 2 unspecified atom stereocenters. The number of quaternary nitrogens is 1. The molecule has 0 aromatic rings. The molecule has 0 rings (SSSR count). The van der Waals surface area contributed by atoms with Crippen molar-refractivity contribution in [3.05, 3.63) is 24.3 Å². The van der Waals surface area contributed by atoms with Crippen LogP contribution in [0, 0.1) is 0 Å². The van der Waals surface area contributed by atoms with Crippen molar-refractivity contribution in [2.45, 2.75) is 206 Å². The van der Waals surface area contributed by atoms with Gasteiger partial charge in [0.05, 0.1) is 34.4 Å². The average molecular weight is 787 g/mol. The molecule has 0 bridgehead atoms. The Bertz CT molecular complexity index is 920. The highest BCUT2D eigenvalue weighted by Crippen LogP contribution is 2.43. The fourth-order valence-corrected chi connectivity index (χ4v) is 6.97. The third-order valence-corrected chi connectivity index (χ3v) is 10.7. The van der Waals surface area contributed by atoms with Crippen LogP contribution < -0.4 is 0 Å². The molecule has 0 aliphatic carbocycles. The fraction of sp³-hybridized carbons (Fsp3) is 0.889. The molecule has 8 nitrogen and oxygen atoms in total. The largest absolute Gasteiger partial charge is 0.472 e.